The van der Waals surface area contributed by atoms with Crippen LogP contribution >= 0.6 is 23.1 Å². The molecule has 0 aromatic carbocycles. The highest BCUT2D eigenvalue weighted by Crippen LogP contribution is 2.28. The van der Waals surface area contributed by atoms with Crippen LogP contribution in [0.1, 0.15) is 19.5 Å². The summed E-state index contributed by atoms with van der Waals surface area (Å²) in [6.45, 7) is 3.84. The molecule has 0 aliphatic rings. The fraction of sp³-hybridized carbons (Fsp3) is 0.385. The summed E-state index contributed by atoms with van der Waals surface area (Å²) >= 11 is 2.93. The van der Waals surface area contributed by atoms with Crippen molar-refractivity contribution in [3.63, 3.8) is 0 Å². The van der Waals surface area contributed by atoms with Gasteiger partial charge in [0.1, 0.15) is 5.25 Å². The molecule has 6 heteroatoms. The van der Waals surface area contributed by atoms with Gasteiger partial charge in [0.05, 0.1) is 12.0 Å². The number of carboxylic acids is 1. The zero-order valence-electron chi connectivity index (χ0n) is 10.7. The Labute approximate surface area is 119 Å². The summed E-state index contributed by atoms with van der Waals surface area (Å²) in [6, 6.07) is 3.69. The second-order valence-corrected chi connectivity index (χ2v) is 6.42. The van der Waals surface area contributed by atoms with Crippen molar-refractivity contribution >= 4 is 29.1 Å². The van der Waals surface area contributed by atoms with E-state index in [0.29, 0.717) is 5.75 Å². The Morgan fingerprint density at radius 2 is 2.37 bits per heavy atom. The average molecular weight is 297 g/mol. The van der Waals surface area contributed by atoms with Gasteiger partial charge in [-0.2, -0.15) is 0 Å². The fourth-order valence-corrected chi connectivity index (χ4v) is 3.53. The Kier molecular flexibility index (Phi) is 4.66. The minimum atomic E-state index is -0.763. The molecule has 4 nitrogen and oxygen atoms in total. The maximum atomic E-state index is 11.1. The molecule has 0 fully saturated rings. The minimum absolute atomic E-state index is 0.102. The molecule has 0 aliphatic carbocycles. The van der Waals surface area contributed by atoms with Gasteiger partial charge >= 0.3 is 5.97 Å². The molecule has 2 aromatic heterocycles. The van der Waals surface area contributed by atoms with Crippen LogP contribution in [0.3, 0.4) is 0 Å². The van der Waals surface area contributed by atoms with Gasteiger partial charge in [-0.3, -0.25) is 4.79 Å². The summed E-state index contributed by atoms with van der Waals surface area (Å²) in [5.41, 5.74) is 0.897. The Bertz CT molecular complexity index is 534. The standard InChI is InChI=1S/C13H15NO3S2/c1-8(2)11(13(15)16)18-6-9-7-19-12(14-9)10-4-3-5-17-10/h3-5,7-8,11H,6H2,1-2H3,(H,15,16). The van der Waals surface area contributed by atoms with Crippen molar-refractivity contribution in [1.82, 2.24) is 4.98 Å². The van der Waals surface area contributed by atoms with Crippen molar-refractivity contribution in [2.75, 3.05) is 0 Å². The molecule has 102 valence electrons. The second kappa shape index (κ2) is 6.25. The van der Waals surface area contributed by atoms with Crippen LogP contribution < -0.4 is 0 Å². The van der Waals surface area contributed by atoms with E-state index in [1.54, 1.807) is 6.26 Å². The molecular weight excluding hydrogens is 282 g/mol. The normalized spacial score (nSPS) is 12.8. The molecule has 0 saturated carbocycles. The number of furan rings is 1. The third-order valence-corrected chi connectivity index (χ3v) is 5.02. The van der Waals surface area contributed by atoms with Crippen molar-refractivity contribution in [2.24, 2.45) is 5.92 Å². The van der Waals surface area contributed by atoms with Crippen molar-refractivity contribution in [2.45, 2.75) is 24.9 Å². The van der Waals surface area contributed by atoms with E-state index in [0.717, 1.165) is 16.5 Å². The number of thiazole rings is 1. The largest absolute Gasteiger partial charge is 0.480 e. The molecule has 2 heterocycles. The van der Waals surface area contributed by atoms with E-state index in [1.165, 1.54) is 23.1 Å². The van der Waals surface area contributed by atoms with E-state index >= 15 is 0 Å². The summed E-state index contributed by atoms with van der Waals surface area (Å²) in [5, 5.41) is 11.5. The second-order valence-electron chi connectivity index (χ2n) is 4.44. The van der Waals surface area contributed by atoms with Gasteiger partial charge in [0, 0.05) is 11.1 Å². The first-order chi connectivity index (χ1) is 9.08. The Hall–Kier alpha value is -1.27. The van der Waals surface area contributed by atoms with Gasteiger partial charge in [0.15, 0.2) is 10.8 Å². The van der Waals surface area contributed by atoms with Gasteiger partial charge in [-0.1, -0.05) is 13.8 Å². The topological polar surface area (TPSA) is 63.3 Å². The third kappa shape index (κ3) is 3.61. The first-order valence-corrected chi connectivity index (χ1v) is 7.83. The van der Waals surface area contributed by atoms with Gasteiger partial charge in [-0.05, 0) is 18.1 Å². The maximum Gasteiger partial charge on any atom is 0.316 e. The molecule has 2 aromatic rings. The predicted octanol–water partition coefficient (Wildman–Crippen LogP) is 3.75. The number of aliphatic carboxylic acids is 1. The molecule has 1 atom stereocenters. The first-order valence-electron chi connectivity index (χ1n) is 5.90. The van der Waals surface area contributed by atoms with E-state index in [9.17, 15) is 4.79 Å². The summed E-state index contributed by atoms with van der Waals surface area (Å²) < 4.78 is 5.28. The number of carbonyl (C=O) groups is 1. The molecule has 1 N–H and O–H groups in total. The number of aromatic nitrogens is 1. The lowest BCUT2D eigenvalue weighted by atomic mass is 10.1. The third-order valence-electron chi connectivity index (χ3n) is 2.54. The van der Waals surface area contributed by atoms with Gasteiger partial charge in [-0.15, -0.1) is 23.1 Å². The number of hydrogen-bond acceptors (Lipinski definition) is 5. The number of hydrogen-bond donors (Lipinski definition) is 1. The lowest BCUT2D eigenvalue weighted by molar-refractivity contribution is -0.137. The Balaban J connectivity index is 1.99. The van der Waals surface area contributed by atoms with Crippen LogP contribution in [0.5, 0.6) is 0 Å². The van der Waals surface area contributed by atoms with Crippen molar-refractivity contribution < 1.29 is 14.3 Å². The van der Waals surface area contributed by atoms with E-state index in [2.05, 4.69) is 4.98 Å². The zero-order chi connectivity index (χ0) is 13.8. The summed E-state index contributed by atoms with van der Waals surface area (Å²) in [5.74, 6) is 0.693. The molecule has 0 bridgehead atoms. The first kappa shape index (κ1) is 14.1. The smallest absolute Gasteiger partial charge is 0.316 e. The van der Waals surface area contributed by atoms with Crippen LogP contribution in [0.4, 0.5) is 0 Å². The quantitative estimate of drug-likeness (QED) is 0.880. The van der Waals surface area contributed by atoms with Crippen LogP contribution in [0, 0.1) is 5.92 Å². The number of rotatable bonds is 6. The predicted molar refractivity (Wildman–Crippen MR) is 77.4 cm³/mol. The fourth-order valence-electron chi connectivity index (χ4n) is 1.61. The van der Waals surface area contributed by atoms with Crippen LogP contribution in [0.25, 0.3) is 10.8 Å². The van der Waals surface area contributed by atoms with Crippen LogP contribution in [-0.4, -0.2) is 21.3 Å². The highest BCUT2D eigenvalue weighted by molar-refractivity contribution is 7.99. The van der Waals surface area contributed by atoms with E-state index < -0.39 is 11.2 Å². The molecule has 19 heavy (non-hydrogen) atoms. The van der Waals surface area contributed by atoms with Crippen LogP contribution in [0.2, 0.25) is 0 Å². The van der Waals surface area contributed by atoms with Crippen molar-refractivity contribution in [1.29, 1.82) is 0 Å². The molecule has 0 aliphatic heterocycles. The zero-order valence-corrected chi connectivity index (χ0v) is 12.3. The Morgan fingerprint density at radius 3 is 2.95 bits per heavy atom. The molecule has 2 rings (SSSR count). The minimum Gasteiger partial charge on any atom is -0.480 e. The SMILES string of the molecule is CC(C)C(SCc1csc(-c2ccco2)n1)C(=O)O. The average Bonchev–Trinajstić information content (AvgIpc) is 2.98. The molecule has 0 saturated heterocycles. The van der Waals surface area contributed by atoms with Gasteiger partial charge in [0.2, 0.25) is 0 Å². The molecular formula is C13H15NO3S2. The van der Waals surface area contributed by atoms with Crippen LogP contribution in [0.15, 0.2) is 28.2 Å². The lowest BCUT2D eigenvalue weighted by Crippen LogP contribution is -2.22. The monoisotopic (exact) mass is 297 g/mol. The highest BCUT2D eigenvalue weighted by Gasteiger charge is 2.22. The maximum absolute atomic E-state index is 11.1. The number of thioether (sulfide) groups is 1. The molecule has 0 spiro atoms. The van der Waals surface area contributed by atoms with Gasteiger partial charge < -0.3 is 9.52 Å². The molecule has 0 radical (unpaired) electrons. The van der Waals surface area contributed by atoms with Gasteiger partial charge in [-0.25, -0.2) is 4.98 Å². The van der Waals surface area contributed by atoms with E-state index in [-0.39, 0.29) is 5.92 Å². The van der Waals surface area contributed by atoms with Gasteiger partial charge in [0.25, 0.3) is 0 Å². The van der Waals surface area contributed by atoms with Crippen LogP contribution in [-0.2, 0) is 10.5 Å². The van der Waals surface area contributed by atoms with Crippen molar-refractivity contribution in [3.05, 3.63) is 29.5 Å². The number of nitrogens with zero attached hydrogens (tertiary/aromatic N) is 1. The molecule has 0 amide bonds. The summed E-state index contributed by atoms with van der Waals surface area (Å²) in [6.07, 6.45) is 1.62. The Morgan fingerprint density at radius 1 is 1.58 bits per heavy atom. The van der Waals surface area contributed by atoms with E-state index in [4.69, 9.17) is 9.52 Å². The molecule has 1 unspecified atom stereocenters. The van der Waals surface area contributed by atoms with Crippen molar-refractivity contribution in [3.8, 4) is 10.8 Å². The summed E-state index contributed by atoms with van der Waals surface area (Å²) in [7, 11) is 0. The summed E-state index contributed by atoms with van der Waals surface area (Å²) in [4.78, 5) is 15.6. The number of carboxylic acid groups (broad SMARTS) is 1. The van der Waals surface area contributed by atoms with E-state index in [1.807, 2.05) is 31.4 Å². The highest BCUT2D eigenvalue weighted by atomic mass is 32.2. The lowest BCUT2D eigenvalue weighted by Gasteiger charge is -2.14.